The van der Waals surface area contributed by atoms with E-state index in [4.69, 9.17) is 4.74 Å². The second-order valence-corrected chi connectivity index (χ2v) is 23.9. The molecule has 0 atom stereocenters. The normalized spacial score (nSPS) is 12.1. The first-order valence-electron chi connectivity index (χ1n) is 22.0. The van der Waals surface area contributed by atoms with Crippen LogP contribution >= 0.6 is 11.3 Å². The number of ether oxygens (including phenoxy) is 1. The van der Waals surface area contributed by atoms with Crippen LogP contribution < -0.4 is 19.7 Å². The zero-order chi connectivity index (χ0) is 42.9. The van der Waals surface area contributed by atoms with Crippen LogP contribution in [0.25, 0.3) is 64.0 Å². The first-order valence-corrected chi connectivity index (χ1v) is 26.3. The molecule has 64 heavy (non-hydrogen) atoms. The molecule has 12 rings (SSSR count). The van der Waals surface area contributed by atoms with Crippen LogP contribution in [-0.4, -0.2) is 8.07 Å². The van der Waals surface area contributed by atoms with E-state index < -0.39 is 8.07 Å². The molecule has 0 bridgehead atoms. The van der Waals surface area contributed by atoms with Gasteiger partial charge in [0.05, 0.1) is 13.8 Å². The SMILES string of the molecule is C[Si](C)(C)c1ccc(N(c2ccccc2)c2ccc3c(c2)Oc2cccc4c2c-3cc2ccc(N(c3ccc5sc6ccccc6c5c3)c3ccccc3-c3ccccc3)cc24)cc1. The molecule has 10 aromatic carbocycles. The van der Waals surface area contributed by atoms with Gasteiger partial charge in [-0.2, -0.15) is 0 Å². The van der Waals surface area contributed by atoms with E-state index >= 15 is 0 Å². The summed E-state index contributed by atoms with van der Waals surface area (Å²) in [4.78, 5) is 4.77. The summed E-state index contributed by atoms with van der Waals surface area (Å²) < 4.78 is 9.53. The Morgan fingerprint density at radius 1 is 0.391 bits per heavy atom. The Kier molecular flexibility index (Phi) is 9.04. The van der Waals surface area contributed by atoms with Crippen molar-refractivity contribution in [3.63, 3.8) is 0 Å². The first-order chi connectivity index (χ1) is 31.4. The molecule has 5 heteroatoms. The molecule has 1 aromatic heterocycles. The summed E-state index contributed by atoms with van der Waals surface area (Å²) >= 11 is 1.85. The van der Waals surface area contributed by atoms with Gasteiger partial charge in [0.2, 0.25) is 0 Å². The number of benzene rings is 10. The molecule has 1 aliphatic heterocycles. The monoisotopic (exact) mass is 856 g/mol. The highest BCUT2D eigenvalue weighted by Gasteiger charge is 2.26. The average molecular weight is 857 g/mol. The van der Waals surface area contributed by atoms with Gasteiger partial charge >= 0.3 is 0 Å². The van der Waals surface area contributed by atoms with Crippen molar-refractivity contribution < 1.29 is 4.74 Å². The van der Waals surface area contributed by atoms with E-state index in [1.165, 1.54) is 58.2 Å². The molecule has 2 heterocycles. The van der Waals surface area contributed by atoms with Crippen molar-refractivity contribution in [1.29, 1.82) is 0 Å². The van der Waals surface area contributed by atoms with Crippen LogP contribution in [0.5, 0.6) is 11.5 Å². The highest BCUT2D eigenvalue weighted by Crippen LogP contribution is 2.52. The maximum atomic E-state index is 6.94. The summed E-state index contributed by atoms with van der Waals surface area (Å²) in [7, 11) is -1.46. The van der Waals surface area contributed by atoms with Crippen LogP contribution in [0, 0.1) is 0 Å². The molecular weight excluding hydrogens is 813 g/mol. The third-order valence-corrected chi connectivity index (χ3v) is 16.0. The number of anilines is 6. The number of para-hydroxylation sites is 2. The number of nitrogens with zero attached hydrogens (tertiary/aromatic N) is 2. The number of hydrogen-bond acceptors (Lipinski definition) is 4. The standard InChI is InChI=1S/C59H44N2OSSi/c1-64(2,3)46-31-27-42(28-32-46)60(41-17-8-5-9-18-41)45-29-33-48-53-35-40-25-26-43(36-51(40)50-21-14-23-55(59(50)53)62-56(48)38-45)61(54-22-12-10-19-47(54)39-15-6-4-7-16-39)44-30-34-58-52(37-44)49-20-11-13-24-57(49)63-58/h4-38H,1-3H3. The predicted molar refractivity (Wildman–Crippen MR) is 278 cm³/mol. The lowest BCUT2D eigenvalue weighted by atomic mass is 9.90. The summed E-state index contributed by atoms with van der Waals surface area (Å²) in [5.74, 6) is 1.73. The molecule has 0 aliphatic carbocycles. The summed E-state index contributed by atoms with van der Waals surface area (Å²) in [5.41, 5.74) is 11.2. The van der Waals surface area contributed by atoms with E-state index in [9.17, 15) is 0 Å². The van der Waals surface area contributed by atoms with E-state index in [1.807, 2.05) is 11.3 Å². The predicted octanol–water partition coefficient (Wildman–Crippen LogP) is 17.3. The number of rotatable bonds is 8. The van der Waals surface area contributed by atoms with E-state index in [2.05, 4.69) is 242 Å². The highest BCUT2D eigenvalue weighted by molar-refractivity contribution is 7.25. The molecular formula is C59H44N2OSSi. The van der Waals surface area contributed by atoms with Crippen molar-refractivity contribution in [2.45, 2.75) is 19.6 Å². The van der Waals surface area contributed by atoms with Gasteiger partial charge < -0.3 is 14.5 Å². The first kappa shape index (κ1) is 38.2. The molecule has 0 saturated carbocycles. The molecule has 0 unspecified atom stereocenters. The van der Waals surface area contributed by atoms with Gasteiger partial charge in [-0.05, 0) is 118 Å². The molecule has 0 amide bonds. The molecule has 0 spiro atoms. The minimum Gasteiger partial charge on any atom is -0.456 e. The van der Waals surface area contributed by atoms with Crippen molar-refractivity contribution in [1.82, 2.24) is 0 Å². The van der Waals surface area contributed by atoms with Crippen molar-refractivity contribution >= 4 is 100 Å². The largest absolute Gasteiger partial charge is 0.456 e. The third kappa shape index (κ3) is 6.47. The van der Waals surface area contributed by atoms with Crippen molar-refractivity contribution in [2.24, 2.45) is 0 Å². The molecule has 0 saturated heterocycles. The van der Waals surface area contributed by atoms with Gasteiger partial charge in [-0.25, -0.2) is 0 Å². The molecule has 1 aliphatic rings. The lowest BCUT2D eigenvalue weighted by Crippen LogP contribution is -2.37. The lowest BCUT2D eigenvalue weighted by Gasteiger charge is -2.29. The van der Waals surface area contributed by atoms with Gasteiger partial charge in [-0.15, -0.1) is 11.3 Å². The third-order valence-electron chi connectivity index (χ3n) is 12.8. The van der Waals surface area contributed by atoms with Crippen LogP contribution in [0.4, 0.5) is 34.1 Å². The topological polar surface area (TPSA) is 15.7 Å². The quantitative estimate of drug-likeness (QED) is 0.112. The van der Waals surface area contributed by atoms with Crippen LogP contribution in [-0.2, 0) is 0 Å². The lowest BCUT2D eigenvalue weighted by molar-refractivity contribution is 0.487. The Labute approximate surface area is 378 Å². The van der Waals surface area contributed by atoms with E-state index in [1.54, 1.807) is 0 Å². The molecule has 3 nitrogen and oxygen atoms in total. The fraction of sp³-hybridized carbons (Fsp3) is 0.0508. The fourth-order valence-electron chi connectivity index (χ4n) is 9.62. The Hall–Kier alpha value is -7.44. The zero-order valence-electron chi connectivity index (χ0n) is 35.9. The number of fused-ring (bicyclic) bond motifs is 7. The van der Waals surface area contributed by atoms with Crippen LogP contribution in [0.3, 0.4) is 0 Å². The van der Waals surface area contributed by atoms with E-state index in [-0.39, 0.29) is 0 Å². The Balaban J connectivity index is 1.01. The smallest absolute Gasteiger partial charge is 0.137 e. The maximum Gasteiger partial charge on any atom is 0.137 e. The van der Waals surface area contributed by atoms with E-state index in [0.29, 0.717) is 0 Å². The van der Waals surface area contributed by atoms with Gasteiger partial charge in [0.1, 0.15) is 11.5 Å². The Morgan fingerprint density at radius 3 is 1.83 bits per heavy atom. The van der Waals surface area contributed by atoms with E-state index in [0.717, 1.165) is 56.6 Å². The van der Waals surface area contributed by atoms with Gasteiger partial charge in [0.15, 0.2) is 0 Å². The Morgan fingerprint density at radius 2 is 1.02 bits per heavy atom. The van der Waals surface area contributed by atoms with Gasteiger partial charge in [0, 0.05) is 71.2 Å². The zero-order valence-corrected chi connectivity index (χ0v) is 37.7. The van der Waals surface area contributed by atoms with Crippen molar-refractivity contribution in [3.05, 3.63) is 212 Å². The van der Waals surface area contributed by atoms with Gasteiger partial charge in [-0.1, -0.05) is 140 Å². The summed E-state index contributed by atoms with van der Waals surface area (Å²) in [6.45, 7) is 7.19. The molecule has 0 radical (unpaired) electrons. The van der Waals surface area contributed by atoms with Gasteiger partial charge in [0.25, 0.3) is 0 Å². The fourth-order valence-corrected chi connectivity index (χ4v) is 11.9. The summed E-state index contributed by atoms with van der Waals surface area (Å²) in [6, 6.07) is 77.5. The van der Waals surface area contributed by atoms with Crippen LogP contribution in [0.15, 0.2) is 212 Å². The van der Waals surface area contributed by atoms with Crippen molar-refractivity contribution in [2.75, 3.05) is 9.80 Å². The van der Waals surface area contributed by atoms with Crippen molar-refractivity contribution in [3.8, 4) is 33.8 Å². The molecule has 11 aromatic rings. The maximum absolute atomic E-state index is 6.94. The molecule has 306 valence electrons. The second kappa shape index (κ2) is 15.1. The molecule has 0 N–H and O–H groups in total. The second-order valence-electron chi connectivity index (χ2n) is 17.8. The Bertz CT molecular complexity index is 3580. The molecule has 0 fully saturated rings. The van der Waals surface area contributed by atoms with Crippen LogP contribution in [0.2, 0.25) is 19.6 Å². The van der Waals surface area contributed by atoms with Crippen LogP contribution in [0.1, 0.15) is 0 Å². The minimum absolute atomic E-state index is 0.855. The van der Waals surface area contributed by atoms with Gasteiger partial charge in [-0.3, -0.25) is 0 Å². The summed E-state index contributed by atoms with van der Waals surface area (Å²) in [6.07, 6.45) is 0. The minimum atomic E-state index is -1.46. The highest BCUT2D eigenvalue weighted by atomic mass is 32.1. The summed E-state index contributed by atoms with van der Waals surface area (Å²) in [5, 5.41) is 8.68. The average Bonchev–Trinajstić information content (AvgIpc) is 3.71. The number of thiophene rings is 1. The number of hydrogen-bond donors (Lipinski definition) is 0.